The van der Waals surface area contributed by atoms with Gasteiger partial charge in [0.1, 0.15) is 16.9 Å². The second-order valence-corrected chi connectivity index (χ2v) is 8.79. The second-order valence-electron chi connectivity index (χ2n) is 8.79. The number of allylic oxidation sites excluding steroid dienone is 1. The summed E-state index contributed by atoms with van der Waals surface area (Å²) in [4.78, 5) is 27.8. The Balaban J connectivity index is 1.41. The van der Waals surface area contributed by atoms with Gasteiger partial charge in [-0.25, -0.2) is 9.59 Å². The van der Waals surface area contributed by atoms with Gasteiger partial charge in [-0.2, -0.15) is 0 Å². The van der Waals surface area contributed by atoms with Crippen molar-refractivity contribution in [3.63, 3.8) is 0 Å². The van der Waals surface area contributed by atoms with Crippen LogP contribution in [0.25, 0.3) is 27.6 Å². The zero-order valence-corrected chi connectivity index (χ0v) is 20.0. The van der Waals surface area contributed by atoms with E-state index >= 15 is 0 Å². The van der Waals surface area contributed by atoms with E-state index in [1.807, 2.05) is 36.5 Å². The second kappa shape index (κ2) is 9.28. The molecular formula is C30H22N2O5. The lowest BCUT2D eigenvalue weighted by atomic mass is 9.89. The highest BCUT2D eigenvalue weighted by Crippen LogP contribution is 2.35. The molecule has 0 bridgehead atoms. The lowest BCUT2D eigenvalue weighted by Crippen LogP contribution is -2.12. The van der Waals surface area contributed by atoms with Gasteiger partial charge in [0.2, 0.25) is 0 Å². The maximum Gasteiger partial charge on any atom is 0.336 e. The van der Waals surface area contributed by atoms with E-state index in [0.717, 1.165) is 57.6 Å². The summed E-state index contributed by atoms with van der Waals surface area (Å²) < 4.78 is 15.9. The summed E-state index contributed by atoms with van der Waals surface area (Å²) in [5, 5.41) is 5.22. The summed E-state index contributed by atoms with van der Waals surface area (Å²) >= 11 is 0. The van der Waals surface area contributed by atoms with Gasteiger partial charge in [0.15, 0.2) is 0 Å². The van der Waals surface area contributed by atoms with E-state index in [4.69, 9.17) is 18.6 Å². The third kappa shape index (κ3) is 4.54. The zero-order valence-electron chi connectivity index (χ0n) is 20.0. The normalized spacial score (nSPS) is 13.3. The standard InChI is InChI=1S/C30H22N2O5/c1-35-24-8-9-25-18(16-24)2-3-21(17-31-22-6-10-26-19(14-22)4-12-28(33)36-26)30(25)32-23-7-11-27-20(15-23)5-13-29(34)37-27/h4-17,32H,2-3H2,1H3. The smallest absolute Gasteiger partial charge is 0.336 e. The van der Waals surface area contributed by atoms with Crippen LogP contribution < -0.4 is 21.3 Å². The van der Waals surface area contributed by atoms with Gasteiger partial charge in [-0.3, -0.25) is 4.99 Å². The molecule has 0 radical (unpaired) electrons. The van der Waals surface area contributed by atoms with Crippen molar-refractivity contribution < 1.29 is 13.6 Å². The van der Waals surface area contributed by atoms with Crippen LogP contribution in [0.5, 0.6) is 5.75 Å². The number of methoxy groups -OCH3 is 1. The Hall–Kier alpha value is -4.91. The predicted molar refractivity (Wildman–Crippen MR) is 145 cm³/mol. The summed E-state index contributed by atoms with van der Waals surface area (Å²) in [6.45, 7) is 0. The van der Waals surface area contributed by atoms with E-state index in [9.17, 15) is 9.59 Å². The van der Waals surface area contributed by atoms with Crippen LogP contribution in [-0.2, 0) is 6.42 Å². The Morgan fingerprint density at radius 1 is 0.811 bits per heavy atom. The minimum absolute atomic E-state index is 0.375. The molecule has 2 heterocycles. The molecule has 0 saturated heterocycles. The van der Waals surface area contributed by atoms with Crippen molar-refractivity contribution in [2.24, 2.45) is 4.99 Å². The average Bonchev–Trinajstić information content (AvgIpc) is 2.92. The van der Waals surface area contributed by atoms with Gasteiger partial charge in [-0.05, 0) is 90.7 Å². The van der Waals surface area contributed by atoms with Gasteiger partial charge in [-0.1, -0.05) is 0 Å². The number of rotatable bonds is 5. The van der Waals surface area contributed by atoms with E-state index in [2.05, 4.69) is 17.4 Å². The van der Waals surface area contributed by atoms with Gasteiger partial charge < -0.3 is 18.9 Å². The molecule has 0 spiro atoms. The van der Waals surface area contributed by atoms with Gasteiger partial charge >= 0.3 is 11.3 Å². The third-order valence-electron chi connectivity index (χ3n) is 6.43. The molecule has 1 aliphatic rings. The minimum Gasteiger partial charge on any atom is -0.497 e. The Morgan fingerprint density at radius 2 is 1.54 bits per heavy atom. The first-order chi connectivity index (χ1) is 18.1. The van der Waals surface area contributed by atoms with Gasteiger partial charge in [-0.15, -0.1) is 0 Å². The summed E-state index contributed by atoms with van der Waals surface area (Å²) in [6.07, 6.45) is 3.53. The van der Waals surface area contributed by atoms with Crippen molar-refractivity contribution in [1.29, 1.82) is 0 Å². The number of nitrogens with zero attached hydrogens (tertiary/aromatic N) is 1. The molecule has 1 aliphatic carbocycles. The van der Waals surface area contributed by atoms with Gasteiger partial charge in [0.05, 0.1) is 18.5 Å². The summed E-state index contributed by atoms with van der Waals surface area (Å²) in [5.74, 6) is 0.818. The molecule has 6 rings (SSSR count). The molecule has 0 atom stereocenters. The lowest BCUT2D eigenvalue weighted by Gasteiger charge is -2.24. The predicted octanol–water partition coefficient (Wildman–Crippen LogP) is 6.08. The molecule has 7 nitrogen and oxygen atoms in total. The first kappa shape index (κ1) is 22.5. The molecular weight excluding hydrogens is 468 g/mol. The first-order valence-corrected chi connectivity index (χ1v) is 11.9. The van der Waals surface area contributed by atoms with Crippen molar-refractivity contribution in [3.8, 4) is 5.75 Å². The van der Waals surface area contributed by atoms with Crippen LogP contribution in [0.4, 0.5) is 11.4 Å². The summed E-state index contributed by atoms with van der Waals surface area (Å²) in [5.41, 5.74) is 6.21. The Kier molecular flexibility index (Phi) is 5.65. The molecule has 1 N–H and O–H groups in total. The highest BCUT2D eigenvalue weighted by atomic mass is 16.5. The number of aryl methyl sites for hydroxylation is 1. The fraction of sp³-hybridized carbons (Fsp3) is 0.100. The quantitative estimate of drug-likeness (QED) is 0.237. The van der Waals surface area contributed by atoms with Crippen molar-refractivity contribution in [2.45, 2.75) is 12.8 Å². The largest absolute Gasteiger partial charge is 0.497 e. The number of aliphatic imine (C=N–C) groups is 1. The topological polar surface area (TPSA) is 94.0 Å². The van der Waals surface area contributed by atoms with E-state index < -0.39 is 0 Å². The lowest BCUT2D eigenvalue weighted by molar-refractivity contribution is 0.414. The Morgan fingerprint density at radius 3 is 2.30 bits per heavy atom. The maximum atomic E-state index is 11.6. The van der Waals surface area contributed by atoms with Crippen molar-refractivity contribution >= 4 is 45.2 Å². The first-order valence-electron chi connectivity index (χ1n) is 11.9. The van der Waals surface area contributed by atoms with E-state index in [0.29, 0.717) is 11.2 Å². The molecule has 37 heavy (non-hydrogen) atoms. The molecule has 0 fully saturated rings. The number of hydrogen-bond acceptors (Lipinski definition) is 7. The van der Waals surface area contributed by atoms with Crippen molar-refractivity contribution in [1.82, 2.24) is 0 Å². The fourth-order valence-electron chi connectivity index (χ4n) is 4.58. The molecule has 0 unspecified atom stereocenters. The number of fused-ring (bicyclic) bond motifs is 3. The van der Waals surface area contributed by atoms with Crippen molar-refractivity contribution in [3.05, 3.63) is 116 Å². The minimum atomic E-state index is -0.377. The van der Waals surface area contributed by atoms with Crippen LogP contribution in [0, 0.1) is 0 Å². The van der Waals surface area contributed by atoms with E-state index in [1.54, 1.807) is 31.4 Å². The van der Waals surface area contributed by atoms with Crippen LogP contribution >= 0.6 is 0 Å². The average molecular weight is 491 g/mol. The third-order valence-corrected chi connectivity index (χ3v) is 6.43. The number of nitrogens with one attached hydrogen (secondary N) is 1. The molecule has 0 aliphatic heterocycles. The van der Waals surface area contributed by atoms with Crippen LogP contribution in [-0.4, -0.2) is 13.3 Å². The molecule has 2 aromatic heterocycles. The van der Waals surface area contributed by atoms with E-state index in [1.165, 1.54) is 17.7 Å². The van der Waals surface area contributed by atoms with Gasteiger partial charge in [0, 0.05) is 40.4 Å². The number of hydrogen-bond donors (Lipinski definition) is 1. The zero-order chi connectivity index (χ0) is 25.4. The maximum absolute atomic E-state index is 11.6. The molecule has 5 aromatic rings. The molecule has 182 valence electrons. The summed E-state index contributed by atoms with van der Waals surface area (Å²) in [6, 6.07) is 23.5. The van der Waals surface area contributed by atoms with Crippen LogP contribution in [0.15, 0.2) is 108 Å². The molecule has 7 heteroatoms. The number of anilines is 1. The van der Waals surface area contributed by atoms with Crippen LogP contribution in [0.1, 0.15) is 17.5 Å². The fourth-order valence-corrected chi connectivity index (χ4v) is 4.58. The number of benzene rings is 3. The molecule has 0 saturated carbocycles. The van der Waals surface area contributed by atoms with E-state index in [-0.39, 0.29) is 11.3 Å². The van der Waals surface area contributed by atoms with Crippen LogP contribution in [0.2, 0.25) is 0 Å². The molecule has 0 amide bonds. The number of ether oxygens (including phenoxy) is 1. The monoisotopic (exact) mass is 490 g/mol. The van der Waals surface area contributed by atoms with Crippen molar-refractivity contribution in [2.75, 3.05) is 12.4 Å². The molecule has 3 aromatic carbocycles. The summed E-state index contributed by atoms with van der Waals surface area (Å²) in [7, 11) is 1.67. The Labute approximate surface area is 211 Å². The Bertz CT molecular complexity index is 1850. The SMILES string of the molecule is COc1ccc2c(c1)CCC(C=Nc1ccc3oc(=O)ccc3c1)=C2Nc1ccc2oc(=O)ccc2c1. The highest BCUT2D eigenvalue weighted by molar-refractivity contribution is 5.98. The highest BCUT2D eigenvalue weighted by Gasteiger charge is 2.19. The van der Waals surface area contributed by atoms with Crippen LogP contribution in [0.3, 0.4) is 0 Å². The van der Waals surface area contributed by atoms with Gasteiger partial charge in [0.25, 0.3) is 0 Å².